The second-order valence-electron chi connectivity index (χ2n) is 14.0. The molecule has 0 radical (unpaired) electrons. The van der Waals surface area contributed by atoms with Gasteiger partial charge in [-0.3, -0.25) is 4.79 Å². The highest BCUT2D eigenvalue weighted by atomic mass is 127. The molecule has 9 nitrogen and oxygen atoms in total. The Hall–Kier alpha value is -4.71. The number of rotatable bonds is 7. The Morgan fingerprint density at radius 1 is 0.667 bits per heavy atom. The number of alkyl halides is 1. The van der Waals surface area contributed by atoms with Crippen molar-refractivity contribution in [3.63, 3.8) is 0 Å². The van der Waals surface area contributed by atoms with E-state index >= 15 is 0 Å². The molecule has 0 saturated heterocycles. The van der Waals surface area contributed by atoms with Gasteiger partial charge in [0.15, 0.2) is 0 Å². The second-order valence-corrected chi connectivity index (χ2v) is 14.0. The number of imidazole rings is 2. The van der Waals surface area contributed by atoms with Crippen LogP contribution >= 0.6 is 22.6 Å². The van der Waals surface area contributed by atoms with Crippen LogP contribution in [0.2, 0.25) is 0 Å². The monoisotopic (exact) mass is 801 g/mol. The lowest BCUT2D eigenvalue weighted by Gasteiger charge is -2.24. The minimum atomic E-state index is -0.488. The van der Waals surface area contributed by atoms with Gasteiger partial charge in [0, 0.05) is 55.9 Å². The van der Waals surface area contributed by atoms with Crippen LogP contribution in [0.4, 0.5) is 4.79 Å². The number of carbonyl (C=O) groups is 2. The predicted octanol–water partition coefficient (Wildman–Crippen LogP) is 9.69. The number of ether oxygens (including phenoxy) is 2. The van der Waals surface area contributed by atoms with Crippen LogP contribution in [0.3, 0.4) is 0 Å². The Labute approximate surface area is 314 Å². The molecule has 0 atom stereocenters. The fourth-order valence-electron chi connectivity index (χ4n) is 5.09. The molecule has 6 rings (SSSR count). The predicted molar refractivity (Wildman–Crippen MR) is 213 cm³/mol. The van der Waals surface area contributed by atoms with Crippen LogP contribution < -0.4 is 0 Å². The summed E-state index contributed by atoms with van der Waals surface area (Å²) in [6, 6.07) is 28.2. The number of benzene rings is 2. The normalized spacial score (nSPS) is 11.2. The van der Waals surface area contributed by atoms with Crippen LogP contribution in [0.1, 0.15) is 59.1 Å². The quantitative estimate of drug-likeness (QED) is 0.0908. The lowest BCUT2D eigenvalue weighted by atomic mass is 10.1. The Morgan fingerprint density at radius 2 is 1.12 bits per heavy atom. The van der Waals surface area contributed by atoms with E-state index in [-0.39, 0.29) is 12.1 Å². The first-order valence-corrected chi connectivity index (χ1v) is 19.0. The SMILES string of the molecule is CC(C)(C)OC(=O)CCc1ccc(-c2cn3ccccc3n2)cc1.CI.CN(Cc1ccc(-c2cn3ccccc3n2)cc1)C(=O)OC(C)(C)C. The molecule has 0 aliphatic carbocycles. The third-order valence-corrected chi connectivity index (χ3v) is 7.39. The summed E-state index contributed by atoms with van der Waals surface area (Å²) in [5.41, 5.74) is 7.09. The van der Waals surface area contributed by atoms with Gasteiger partial charge in [-0.05, 0) is 88.3 Å². The number of fused-ring (bicyclic) bond motifs is 2. The lowest BCUT2D eigenvalue weighted by Crippen LogP contribution is -2.33. The molecule has 2 aromatic carbocycles. The van der Waals surface area contributed by atoms with Gasteiger partial charge in [-0.2, -0.15) is 0 Å². The molecule has 51 heavy (non-hydrogen) atoms. The highest BCUT2D eigenvalue weighted by molar-refractivity contribution is 14.1. The topological polar surface area (TPSA) is 90.4 Å². The van der Waals surface area contributed by atoms with E-state index in [1.807, 2.05) is 165 Å². The first kappa shape index (κ1) is 39.1. The van der Waals surface area contributed by atoms with Crippen molar-refractivity contribution in [3.8, 4) is 22.5 Å². The van der Waals surface area contributed by atoms with Gasteiger partial charge in [0.1, 0.15) is 22.5 Å². The van der Waals surface area contributed by atoms with Crippen molar-refractivity contribution in [2.45, 2.75) is 72.1 Å². The fourth-order valence-corrected chi connectivity index (χ4v) is 5.09. The maximum atomic E-state index is 12.0. The summed E-state index contributed by atoms with van der Waals surface area (Å²) in [7, 11) is 1.74. The summed E-state index contributed by atoms with van der Waals surface area (Å²) in [6.07, 6.45) is 8.75. The maximum Gasteiger partial charge on any atom is 0.410 e. The number of hydrogen-bond acceptors (Lipinski definition) is 6. The zero-order valence-electron chi connectivity index (χ0n) is 30.8. The average molecular weight is 802 g/mol. The molecule has 0 aliphatic rings. The van der Waals surface area contributed by atoms with Gasteiger partial charge in [-0.15, -0.1) is 0 Å². The van der Waals surface area contributed by atoms with Crippen molar-refractivity contribution < 1.29 is 19.1 Å². The van der Waals surface area contributed by atoms with Crippen molar-refractivity contribution in [2.75, 3.05) is 12.0 Å². The summed E-state index contributed by atoms with van der Waals surface area (Å²) in [4.78, 5) is 36.6. The molecule has 0 spiro atoms. The molecule has 4 aromatic heterocycles. The summed E-state index contributed by atoms with van der Waals surface area (Å²) < 4.78 is 14.7. The maximum absolute atomic E-state index is 12.0. The van der Waals surface area contributed by atoms with Crippen LogP contribution in [0.5, 0.6) is 0 Å². The third kappa shape index (κ3) is 11.9. The van der Waals surface area contributed by atoms with Gasteiger partial charge < -0.3 is 23.2 Å². The molecule has 268 valence electrons. The first-order chi connectivity index (χ1) is 24.2. The van der Waals surface area contributed by atoms with E-state index in [9.17, 15) is 9.59 Å². The van der Waals surface area contributed by atoms with Gasteiger partial charge in [0.25, 0.3) is 0 Å². The molecule has 6 aromatic rings. The molecule has 10 heteroatoms. The van der Waals surface area contributed by atoms with Gasteiger partial charge >= 0.3 is 12.1 Å². The number of halogens is 1. The van der Waals surface area contributed by atoms with Crippen LogP contribution in [-0.4, -0.2) is 58.9 Å². The molecule has 1 amide bonds. The largest absolute Gasteiger partial charge is 0.460 e. The smallest absolute Gasteiger partial charge is 0.410 e. The third-order valence-electron chi connectivity index (χ3n) is 7.39. The van der Waals surface area contributed by atoms with E-state index in [1.165, 1.54) is 0 Å². The number of aromatic nitrogens is 4. The van der Waals surface area contributed by atoms with E-state index in [0.29, 0.717) is 19.4 Å². The molecule has 0 fully saturated rings. The van der Waals surface area contributed by atoms with E-state index in [2.05, 4.69) is 32.6 Å². The van der Waals surface area contributed by atoms with Gasteiger partial charge in [-0.25, -0.2) is 14.8 Å². The van der Waals surface area contributed by atoms with Gasteiger partial charge in [0.2, 0.25) is 0 Å². The number of hydrogen-bond donors (Lipinski definition) is 0. The van der Waals surface area contributed by atoms with Crippen LogP contribution in [0.25, 0.3) is 33.8 Å². The van der Waals surface area contributed by atoms with Crippen molar-refractivity contribution in [1.82, 2.24) is 23.7 Å². The number of carbonyl (C=O) groups excluding carboxylic acids is 2. The van der Waals surface area contributed by atoms with Crippen molar-refractivity contribution in [2.24, 2.45) is 0 Å². The Morgan fingerprint density at radius 3 is 1.55 bits per heavy atom. The van der Waals surface area contributed by atoms with Crippen molar-refractivity contribution in [3.05, 3.63) is 121 Å². The number of esters is 1. The molecule has 4 heterocycles. The summed E-state index contributed by atoms with van der Waals surface area (Å²) in [5, 5.41) is 0. The number of nitrogens with zero attached hydrogens (tertiary/aromatic N) is 5. The Bertz CT molecular complexity index is 1950. The fraction of sp³-hybridized carbons (Fsp3) is 0.317. The average Bonchev–Trinajstić information content (AvgIpc) is 3.73. The van der Waals surface area contributed by atoms with Crippen molar-refractivity contribution >= 4 is 45.9 Å². The van der Waals surface area contributed by atoms with Crippen LogP contribution in [0, 0.1) is 0 Å². The minimum Gasteiger partial charge on any atom is -0.460 e. The zero-order valence-corrected chi connectivity index (χ0v) is 32.9. The van der Waals surface area contributed by atoms with Gasteiger partial charge in [-0.1, -0.05) is 83.3 Å². The summed E-state index contributed by atoms with van der Waals surface area (Å²) >= 11 is 2.15. The van der Waals surface area contributed by atoms with Crippen LogP contribution in [0.15, 0.2) is 110 Å². The van der Waals surface area contributed by atoms with Crippen LogP contribution in [-0.2, 0) is 27.2 Å². The standard InChI is InChI=1S/C20H23N3O2.C20H22N2O2.CH3I/c1-20(2,3)25-19(24)22(4)13-15-8-10-16(11-9-15)17-14-23-12-6-5-7-18(23)21-17;1-20(2,3)24-19(23)12-9-15-7-10-16(11-8-15)17-14-22-13-5-4-6-18(22)21-17;1-2/h5-12,14H,13H2,1-4H3;4-8,10-11,13-14H,9,12H2,1-3H3;1H3. The number of amides is 1. The molecule has 0 saturated carbocycles. The number of aryl methyl sites for hydroxylation is 1. The Kier molecular flexibility index (Phi) is 13.4. The van der Waals surface area contributed by atoms with E-state index in [0.717, 1.165) is 44.9 Å². The molecule has 0 aliphatic heterocycles. The number of pyridine rings is 2. The van der Waals surface area contributed by atoms with E-state index in [1.54, 1.807) is 11.9 Å². The van der Waals surface area contributed by atoms with E-state index < -0.39 is 11.2 Å². The molecular formula is C41H48IN5O4. The molecule has 0 bridgehead atoms. The minimum absolute atomic E-state index is 0.160. The summed E-state index contributed by atoms with van der Waals surface area (Å²) in [5.74, 6) is -0.160. The molecule has 0 N–H and O–H groups in total. The second kappa shape index (κ2) is 17.5. The van der Waals surface area contributed by atoms with E-state index in [4.69, 9.17) is 9.47 Å². The lowest BCUT2D eigenvalue weighted by molar-refractivity contribution is -0.154. The molecule has 0 unspecified atom stereocenters. The highest BCUT2D eigenvalue weighted by Crippen LogP contribution is 2.22. The zero-order chi connectivity index (χ0) is 37.2. The highest BCUT2D eigenvalue weighted by Gasteiger charge is 2.20. The first-order valence-electron chi connectivity index (χ1n) is 16.8. The van der Waals surface area contributed by atoms with Gasteiger partial charge in [0.05, 0.1) is 11.4 Å². The molecular weight excluding hydrogens is 753 g/mol. The van der Waals surface area contributed by atoms with Crippen molar-refractivity contribution in [1.29, 1.82) is 0 Å². The Balaban J connectivity index is 0.000000218. The summed E-state index contributed by atoms with van der Waals surface area (Å²) in [6.45, 7) is 11.7.